The molecule has 1 unspecified atom stereocenters. The third kappa shape index (κ3) is 4.55. The van der Waals surface area contributed by atoms with E-state index in [0.717, 1.165) is 22.3 Å². The summed E-state index contributed by atoms with van der Waals surface area (Å²) in [7, 11) is 0. The molecule has 0 saturated heterocycles. The first-order valence-electron chi connectivity index (χ1n) is 10.4. The maximum atomic E-state index is 12.6. The summed E-state index contributed by atoms with van der Waals surface area (Å²) < 4.78 is 5.50. The van der Waals surface area contributed by atoms with E-state index in [2.05, 4.69) is 5.32 Å². The molecule has 4 rings (SSSR count). The van der Waals surface area contributed by atoms with Gasteiger partial charge in [-0.2, -0.15) is 0 Å². The predicted octanol–water partition coefficient (Wildman–Crippen LogP) is 4.96. The Bertz CT molecular complexity index is 1190. The summed E-state index contributed by atoms with van der Waals surface area (Å²) in [6.07, 6.45) is -1.23. The Labute approximate surface area is 190 Å². The molecule has 3 aromatic carbocycles. The van der Waals surface area contributed by atoms with Crippen molar-refractivity contribution in [2.24, 2.45) is 0 Å². The molecule has 3 aromatic rings. The fourth-order valence-corrected chi connectivity index (χ4v) is 4.25. The van der Waals surface area contributed by atoms with Crippen molar-refractivity contribution in [3.05, 3.63) is 99.1 Å². The van der Waals surface area contributed by atoms with E-state index in [1.165, 1.54) is 12.1 Å². The van der Waals surface area contributed by atoms with Gasteiger partial charge in [0.2, 0.25) is 0 Å². The highest BCUT2D eigenvalue weighted by atomic mass is 16.6. The van der Waals surface area contributed by atoms with Gasteiger partial charge in [0.1, 0.15) is 6.61 Å². The number of rotatable bonds is 7. The van der Waals surface area contributed by atoms with Crippen LogP contribution in [0.25, 0.3) is 11.1 Å². The van der Waals surface area contributed by atoms with E-state index in [-0.39, 0.29) is 18.2 Å². The van der Waals surface area contributed by atoms with Gasteiger partial charge in [0.15, 0.2) is 0 Å². The normalized spacial score (nSPS) is 13.0. The molecule has 168 valence electrons. The smallest absolute Gasteiger partial charge is 0.407 e. The van der Waals surface area contributed by atoms with Crippen molar-refractivity contribution in [2.45, 2.75) is 25.3 Å². The summed E-state index contributed by atoms with van der Waals surface area (Å²) in [5.41, 5.74) is 4.93. The Morgan fingerprint density at radius 1 is 1.06 bits per heavy atom. The van der Waals surface area contributed by atoms with Crippen LogP contribution in [-0.4, -0.2) is 28.7 Å². The molecule has 1 atom stereocenters. The van der Waals surface area contributed by atoms with Crippen LogP contribution in [0.15, 0.2) is 66.7 Å². The van der Waals surface area contributed by atoms with Crippen LogP contribution >= 0.6 is 0 Å². The zero-order chi connectivity index (χ0) is 23.5. The number of fused-ring (bicyclic) bond motifs is 3. The monoisotopic (exact) mass is 446 g/mol. The Kier molecular flexibility index (Phi) is 6.08. The standard InChI is InChI=1S/C25H22N2O6/c1-15-10-11-16(12-23(15)27(31)32)22(13-24(28)29)26-25(30)33-14-21-19-8-4-2-6-17(19)18-7-3-5-9-20(18)21/h2-12,21-22H,13-14H2,1H3,(H,26,30)(H,28,29). The van der Waals surface area contributed by atoms with E-state index in [9.17, 15) is 24.8 Å². The van der Waals surface area contributed by atoms with E-state index in [4.69, 9.17) is 4.74 Å². The summed E-state index contributed by atoms with van der Waals surface area (Å²) in [6.45, 7) is 1.67. The number of nitrogens with zero attached hydrogens (tertiary/aromatic N) is 1. The van der Waals surface area contributed by atoms with Crippen LogP contribution in [0.3, 0.4) is 0 Å². The third-order valence-electron chi connectivity index (χ3n) is 5.85. The number of nitrogens with one attached hydrogen (secondary N) is 1. The fraction of sp³-hybridized carbons (Fsp3) is 0.200. The summed E-state index contributed by atoms with van der Waals surface area (Å²) >= 11 is 0. The number of hydrogen-bond donors (Lipinski definition) is 2. The Hall–Kier alpha value is -4.20. The van der Waals surface area contributed by atoms with Gasteiger partial charge in [0, 0.05) is 17.5 Å². The van der Waals surface area contributed by atoms with Crippen LogP contribution in [0.1, 0.15) is 40.6 Å². The summed E-state index contributed by atoms with van der Waals surface area (Å²) in [4.78, 5) is 34.7. The molecule has 8 heteroatoms. The van der Waals surface area contributed by atoms with Crippen molar-refractivity contribution in [1.82, 2.24) is 5.32 Å². The largest absolute Gasteiger partial charge is 0.481 e. The third-order valence-corrected chi connectivity index (χ3v) is 5.85. The zero-order valence-corrected chi connectivity index (χ0v) is 17.9. The van der Waals surface area contributed by atoms with E-state index >= 15 is 0 Å². The average Bonchev–Trinajstić information content (AvgIpc) is 3.11. The van der Waals surface area contributed by atoms with Gasteiger partial charge in [-0.05, 0) is 34.7 Å². The van der Waals surface area contributed by atoms with Gasteiger partial charge in [-0.3, -0.25) is 14.9 Å². The van der Waals surface area contributed by atoms with Crippen LogP contribution in [-0.2, 0) is 9.53 Å². The topological polar surface area (TPSA) is 119 Å². The van der Waals surface area contributed by atoms with E-state index in [0.29, 0.717) is 11.1 Å². The van der Waals surface area contributed by atoms with Crippen molar-refractivity contribution in [2.75, 3.05) is 6.61 Å². The number of carboxylic acids is 1. The molecule has 0 aliphatic heterocycles. The van der Waals surface area contributed by atoms with Gasteiger partial charge in [-0.1, -0.05) is 60.7 Å². The van der Waals surface area contributed by atoms with Gasteiger partial charge in [-0.25, -0.2) is 4.79 Å². The van der Waals surface area contributed by atoms with Crippen molar-refractivity contribution < 1.29 is 24.4 Å². The number of amides is 1. The predicted molar refractivity (Wildman–Crippen MR) is 121 cm³/mol. The highest BCUT2D eigenvalue weighted by molar-refractivity contribution is 5.79. The number of aliphatic carboxylic acids is 1. The van der Waals surface area contributed by atoms with Crippen molar-refractivity contribution in [3.8, 4) is 11.1 Å². The molecule has 1 aliphatic carbocycles. The van der Waals surface area contributed by atoms with Gasteiger partial charge >= 0.3 is 12.1 Å². The number of ether oxygens (including phenoxy) is 1. The van der Waals surface area contributed by atoms with Crippen molar-refractivity contribution in [3.63, 3.8) is 0 Å². The second-order valence-corrected chi connectivity index (χ2v) is 7.92. The number of benzene rings is 3. The molecule has 0 bridgehead atoms. The number of nitro benzene ring substituents is 1. The van der Waals surface area contributed by atoms with Gasteiger partial charge < -0.3 is 15.2 Å². The molecule has 0 saturated carbocycles. The fourth-order valence-electron chi connectivity index (χ4n) is 4.25. The van der Waals surface area contributed by atoms with Crippen molar-refractivity contribution in [1.29, 1.82) is 0 Å². The first-order valence-corrected chi connectivity index (χ1v) is 10.4. The number of carbonyl (C=O) groups is 2. The number of aryl methyl sites for hydroxylation is 1. The Morgan fingerprint density at radius 3 is 2.24 bits per heavy atom. The highest BCUT2D eigenvalue weighted by Gasteiger charge is 2.29. The number of carbonyl (C=O) groups excluding carboxylic acids is 1. The second kappa shape index (κ2) is 9.12. The molecule has 2 N–H and O–H groups in total. The number of alkyl carbamates (subject to hydrolysis) is 1. The molecule has 33 heavy (non-hydrogen) atoms. The lowest BCUT2D eigenvalue weighted by molar-refractivity contribution is -0.385. The number of nitro groups is 1. The van der Waals surface area contributed by atoms with Gasteiger partial charge in [0.05, 0.1) is 17.4 Å². The first kappa shape index (κ1) is 22.0. The summed E-state index contributed by atoms with van der Waals surface area (Å²) in [6, 6.07) is 19.3. The molecule has 1 amide bonds. The van der Waals surface area contributed by atoms with Crippen LogP contribution < -0.4 is 5.32 Å². The van der Waals surface area contributed by atoms with E-state index in [1.54, 1.807) is 13.0 Å². The molecule has 0 heterocycles. The van der Waals surface area contributed by atoms with E-state index in [1.807, 2.05) is 48.5 Å². The first-order chi connectivity index (χ1) is 15.8. The SMILES string of the molecule is Cc1ccc(C(CC(=O)O)NC(=O)OCC2c3ccccc3-c3ccccc32)cc1[N+](=O)[O-]. The second-order valence-electron chi connectivity index (χ2n) is 7.92. The minimum Gasteiger partial charge on any atom is -0.481 e. The van der Waals surface area contributed by atoms with Gasteiger partial charge in [0.25, 0.3) is 5.69 Å². The number of hydrogen-bond acceptors (Lipinski definition) is 5. The van der Waals surface area contributed by atoms with Gasteiger partial charge in [-0.15, -0.1) is 0 Å². The lowest BCUT2D eigenvalue weighted by atomic mass is 9.98. The molecule has 1 aliphatic rings. The summed E-state index contributed by atoms with van der Waals surface area (Å²) in [5, 5.41) is 23.1. The zero-order valence-electron chi connectivity index (χ0n) is 17.9. The molecule has 0 aromatic heterocycles. The van der Waals surface area contributed by atoms with Crippen LogP contribution in [0.2, 0.25) is 0 Å². The molecular weight excluding hydrogens is 424 g/mol. The Balaban J connectivity index is 1.51. The highest BCUT2D eigenvalue weighted by Crippen LogP contribution is 2.44. The Morgan fingerprint density at radius 2 is 1.67 bits per heavy atom. The van der Waals surface area contributed by atoms with Crippen LogP contribution in [0.4, 0.5) is 10.5 Å². The average molecular weight is 446 g/mol. The minimum absolute atomic E-state index is 0.0771. The van der Waals surface area contributed by atoms with Crippen LogP contribution in [0, 0.1) is 17.0 Å². The van der Waals surface area contributed by atoms with Crippen LogP contribution in [0.5, 0.6) is 0 Å². The molecular formula is C25H22N2O6. The quantitative estimate of drug-likeness (QED) is 0.391. The molecule has 0 radical (unpaired) electrons. The van der Waals surface area contributed by atoms with E-state index < -0.39 is 29.4 Å². The summed E-state index contributed by atoms with van der Waals surface area (Å²) in [5.74, 6) is -1.29. The molecule has 8 nitrogen and oxygen atoms in total. The number of carboxylic acid groups (broad SMARTS) is 1. The lowest BCUT2D eigenvalue weighted by Crippen LogP contribution is -2.31. The van der Waals surface area contributed by atoms with Crippen molar-refractivity contribution >= 4 is 17.7 Å². The molecule has 0 fully saturated rings. The minimum atomic E-state index is -1.15. The lowest BCUT2D eigenvalue weighted by Gasteiger charge is -2.19. The molecule has 0 spiro atoms. The maximum absolute atomic E-state index is 12.6. The maximum Gasteiger partial charge on any atom is 0.407 e.